The van der Waals surface area contributed by atoms with Gasteiger partial charge in [0.15, 0.2) is 0 Å². The Labute approximate surface area is 105 Å². The summed E-state index contributed by atoms with van der Waals surface area (Å²) in [5.41, 5.74) is 2.24. The zero-order valence-corrected chi connectivity index (χ0v) is 9.93. The second kappa shape index (κ2) is 5.18. The van der Waals surface area contributed by atoms with Gasteiger partial charge in [-0.25, -0.2) is 4.79 Å². The van der Waals surface area contributed by atoms with Crippen molar-refractivity contribution in [2.75, 3.05) is 13.1 Å². The van der Waals surface area contributed by atoms with Crippen LogP contribution in [0.4, 0.5) is 0 Å². The van der Waals surface area contributed by atoms with Gasteiger partial charge in [0.2, 0.25) is 0 Å². The van der Waals surface area contributed by atoms with Gasteiger partial charge in [-0.05, 0) is 23.6 Å². The van der Waals surface area contributed by atoms with E-state index in [1.165, 1.54) is 0 Å². The number of nitrogens with zero attached hydrogens (tertiary/aromatic N) is 1. The fraction of sp³-hybridized carbons (Fsp3) is 0.385. The number of hydrogen-bond donors (Lipinski definition) is 2. The molecular formula is C13H15NO4. The molecule has 18 heavy (non-hydrogen) atoms. The largest absolute Gasteiger partial charge is 0.481 e. The fourth-order valence-electron chi connectivity index (χ4n) is 2.31. The summed E-state index contributed by atoms with van der Waals surface area (Å²) in [7, 11) is 0. The molecule has 0 fully saturated rings. The molecule has 96 valence electrons. The molecular weight excluding hydrogens is 234 g/mol. The number of aromatic carboxylic acids is 1. The summed E-state index contributed by atoms with van der Waals surface area (Å²) in [6.07, 6.45) is 0.783. The van der Waals surface area contributed by atoms with E-state index >= 15 is 0 Å². The van der Waals surface area contributed by atoms with Crippen molar-refractivity contribution in [3.8, 4) is 0 Å². The van der Waals surface area contributed by atoms with Crippen LogP contribution in [0.15, 0.2) is 18.2 Å². The summed E-state index contributed by atoms with van der Waals surface area (Å²) in [5.74, 6) is -1.70. The van der Waals surface area contributed by atoms with Gasteiger partial charge >= 0.3 is 11.9 Å². The highest BCUT2D eigenvalue weighted by Gasteiger charge is 2.21. The maximum Gasteiger partial charge on any atom is 0.335 e. The minimum absolute atomic E-state index is 0.119. The Kier molecular flexibility index (Phi) is 3.62. The van der Waals surface area contributed by atoms with E-state index in [1.54, 1.807) is 12.1 Å². The van der Waals surface area contributed by atoms with E-state index < -0.39 is 11.9 Å². The fourth-order valence-corrected chi connectivity index (χ4v) is 2.31. The zero-order chi connectivity index (χ0) is 13.1. The highest BCUT2D eigenvalue weighted by molar-refractivity contribution is 5.89. The topological polar surface area (TPSA) is 77.8 Å². The SMILES string of the molecule is O=C(O)CCN1CCc2c(cccc2C(=O)O)C1. The average Bonchev–Trinajstić information content (AvgIpc) is 2.35. The van der Waals surface area contributed by atoms with Crippen molar-refractivity contribution in [2.24, 2.45) is 0 Å². The molecule has 0 aliphatic carbocycles. The third-order valence-corrected chi connectivity index (χ3v) is 3.22. The highest BCUT2D eigenvalue weighted by atomic mass is 16.4. The molecule has 1 aliphatic heterocycles. The van der Waals surface area contributed by atoms with Gasteiger partial charge in [0.05, 0.1) is 12.0 Å². The maximum absolute atomic E-state index is 11.1. The zero-order valence-electron chi connectivity index (χ0n) is 9.93. The Morgan fingerprint density at radius 1 is 1.28 bits per heavy atom. The van der Waals surface area contributed by atoms with Gasteiger partial charge in [-0.15, -0.1) is 0 Å². The first-order chi connectivity index (χ1) is 8.58. The van der Waals surface area contributed by atoms with Crippen LogP contribution in [0.5, 0.6) is 0 Å². The molecule has 0 spiro atoms. The van der Waals surface area contributed by atoms with E-state index in [9.17, 15) is 9.59 Å². The molecule has 5 heteroatoms. The summed E-state index contributed by atoms with van der Waals surface area (Å²) in [6.45, 7) is 1.85. The molecule has 0 radical (unpaired) electrons. The first-order valence-corrected chi connectivity index (χ1v) is 5.86. The maximum atomic E-state index is 11.1. The molecule has 0 aromatic heterocycles. The van der Waals surface area contributed by atoms with Crippen LogP contribution in [0, 0.1) is 0 Å². The Bertz CT molecular complexity index is 484. The minimum Gasteiger partial charge on any atom is -0.481 e. The van der Waals surface area contributed by atoms with E-state index in [2.05, 4.69) is 0 Å². The van der Waals surface area contributed by atoms with Gasteiger partial charge in [-0.3, -0.25) is 9.69 Å². The summed E-state index contributed by atoms with van der Waals surface area (Å²) < 4.78 is 0. The molecule has 0 amide bonds. The van der Waals surface area contributed by atoms with Crippen LogP contribution >= 0.6 is 0 Å². The number of carbonyl (C=O) groups is 2. The second-order valence-corrected chi connectivity index (χ2v) is 4.42. The van der Waals surface area contributed by atoms with Crippen molar-refractivity contribution in [2.45, 2.75) is 19.4 Å². The van der Waals surface area contributed by atoms with Gasteiger partial charge < -0.3 is 10.2 Å². The number of carboxylic acids is 2. The molecule has 0 bridgehead atoms. The Balaban J connectivity index is 2.13. The number of hydrogen-bond acceptors (Lipinski definition) is 3. The Morgan fingerprint density at radius 2 is 2.06 bits per heavy atom. The molecule has 2 rings (SSSR count). The van der Waals surface area contributed by atoms with Gasteiger partial charge in [0, 0.05) is 19.6 Å². The smallest absolute Gasteiger partial charge is 0.335 e. The second-order valence-electron chi connectivity index (χ2n) is 4.42. The lowest BCUT2D eigenvalue weighted by atomic mass is 9.94. The molecule has 0 saturated carbocycles. The molecule has 2 N–H and O–H groups in total. The van der Waals surface area contributed by atoms with E-state index in [1.807, 2.05) is 11.0 Å². The summed E-state index contributed by atoms with van der Waals surface area (Å²) in [5, 5.41) is 17.7. The van der Waals surface area contributed by atoms with Gasteiger partial charge in [-0.1, -0.05) is 12.1 Å². The van der Waals surface area contributed by atoms with Crippen molar-refractivity contribution in [1.82, 2.24) is 4.90 Å². The van der Waals surface area contributed by atoms with Crippen LogP contribution in [0.1, 0.15) is 27.9 Å². The van der Waals surface area contributed by atoms with Crippen molar-refractivity contribution in [1.29, 1.82) is 0 Å². The van der Waals surface area contributed by atoms with Crippen LogP contribution in [0.2, 0.25) is 0 Å². The third kappa shape index (κ3) is 2.68. The lowest BCUT2D eigenvalue weighted by molar-refractivity contribution is -0.137. The van der Waals surface area contributed by atoms with E-state index in [0.717, 1.165) is 11.1 Å². The van der Waals surface area contributed by atoms with Crippen LogP contribution in [0.25, 0.3) is 0 Å². The monoisotopic (exact) mass is 249 g/mol. The molecule has 1 aliphatic rings. The van der Waals surface area contributed by atoms with Crippen LogP contribution in [0.3, 0.4) is 0 Å². The third-order valence-electron chi connectivity index (χ3n) is 3.22. The van der Waals surface area contributed by atoms with Gasteiger partial charge in [-0.2, -0.15) is 0 Å². The van der Waals surface area contributed by atoms with Crippen LogP contribution in [-0.4, -0.2) is 40.1 Å². The number of carboxylic acid groups (broad SMARTS) is 2. The van der Waals surface area contributed by atoms with Gasteiger partial charge in [0.1, 0.15) is 0 Å². The molecule has 0 saturated heterocycles. The lowest BCUT2D eigenvalue weighted by Crippen LogP contribution is -2.33. The predicted molar refractivity (Wildman–Crippen MR) is 64.6 cm³/mol. The standard InChI is InChI=1S/C13H15NO4/c15-12(16)5-7-14-6-4-10-9(8-14)2-1-3-11(10)13(17)18/h1-3H,4-8H2,(H,15,16)(H,17,18). The first-order valence-electron chi connectivity index (χ1n) is 5.86. The summed E-state index contributed by atoms with van der Waals surface area (Å²) >= 11 is 0. The van der Waals surface area contributed by atoms with E-state index in [4.69, 9.17) is 10.2 Å². The number of benzene rings is 1. The Hall–Kier alpha value is -1.88. The summed E-state index contributed by atoms with van der Waals surface area (Å²) in [4.78, 5) is 23.6. The molecule has 1 aromatic rings. The Morgan fingerprint density at radius 3 is 2.72 bits per heavy atom. The number of aliphatic carboxylic acids is 1. The molecule has 1 aromatic carbocycles. The lowest BCUT2D eigenvalue weighted by Gasteiger charge is -2.29. The van der Waals surface area contributed by atoms with Crippen LogP contribution in [-0.2, 0) is 17.8 Å². The van der Waals surface area contributed by atoms with Gasteiger partial charge in [0.25, 0.3) is 0 Å². The summed E-state index contributed by atoms with van der Waals surface area (Å²) in [6, 6.07) is 5.27. The van der Waals surface area contributed by atoms with Crippen LogP contribution < -0.4 is 0 Å². The first kappa shape index (κ1) is 12.6. The van der Waals surface area contributed by atoms with Crippen molar-refractivity contribution in [3.05, 3.63) is 34.9 Å². The normalized spacial score (nSPS) is 15.1. The van der Waals surface area contributed by atoms with E-state index in [-0.39, 0.29) is 6.42 Å². The molecule has 5 nitrogen and oxygen atoms in total. The highest BCUT2D eigenvalue weighted by Crippen LogP contribution is 2.22. The minimum atomic E-state index is -0.897. The van der Waals surface area contributed by atoms with E-state index in [0.29, 0.717) is 31.6 Å². The molecule has 0 atom stereocenters. The molecule has 0 unspecified atom stereocenters. The quantitative estimate of drug-likeness (QED) is 0.838. The molecule has 1 heterocycles. The van der Waals surface area contributed by atoms with Crippen molar-refractivity contribution in [3.63, 3.8) is 0 Å². The number of rotatable bonds is 4. The van der Waals surface area contributed by atoms with Crippen molar-refractivity contribution >= 4 is 11.9 Å². The van der Waals surface area contributed by atoms with Crippen molar-refractivity contribution < 1.29 is 19.8 Å². The predicted octanol–water partition coefficient (Wildman–Crippen LogP) is 1.22. The average molecular weight is 249 g/mol. The number of fused-ring (bicyclic) bond motifs is 1.